The highest BCUT2D eigenvalue weighted by molar-refractivity contribution is 5.92. The lowest BCUT2D eigenvalue weighted by Gasteiger charge is -2.12. The zero-order chi connectivity index (χ0) is 17.0. The minimum absolute atomic E-state index is 0.0492. The van der Waals surface area contributed by atoms with Gasteiger partial charge in [-0.15, -0.1) is 0 Å². The molecule has 0 spiro atoms. The predicted molar refractivity (Wildman–Crippen MR) is 70.8 cm³/mol. The summed E-state index contributed by atoms with van der Waals surface area (Å²) in [5, 5.41) is 10.9. The first-order valence-corrected chi connectivity index (χ1v) is 6.14. The Labute approximate surface area is 127 Å². The van der Waals surface area contributed by atoms with Crippen molar-refractivity contribution < 1.29 is 27.6 Å². The lowest BCUT2D eigenvalue weighted by Crippen LogP contribution is -2.19. The maximum atomic E-state index is 12.8. The molecule has 1 heterocycles. The van der Waals surface area contributed by atoms with Crippen molar-refractivity contribution in [3.05, 3.63) is 47.3 Å². The number of hydroxylamine groups is 1. The zero-order valence-electron chi connectivity index (χ0n) is 11.4. The fourth-order valence-corrected chi connectivity index (χ4v) is 1.71. The molecule has 0 aliphatic carbocycles. The second kappa shape index (κ2) is 6.57. The van der Waals surface area contributed by atoms with Crippen LogP contribution >= 0.6 is 0 Å². The standard InChI is InChI=1S/C13H10F4N4O2/c14-4-7-1-9(13(15,16)17)3-10(2-7)20-12-18-5-8(6-19-12)11(22)21-23/h1-3,5-6,23H,4H2,(H,21,22)(H,18,19,20). The van der Waals surface area contributed by atoms with Gasteiger partial charge in [0.15, 0.2) is 0 Å². The van der Waals surface area contributed by atoms with Crippen LogP contribution in [0.3, 0.4) is 0 Å². The van der Waals surface area contributed by atoms with Crippen molar-refractivity contribution in [3.8, 4) is 0 Å². The van der Waals surface area contributed by atoms with Gasteiger partial charge in [0.25, 0.3) is 5.91 Å². The molecule has 0 aliphatic heterocycles. The number of alkyl halides is 4. The molecule has 1 aromatic heterocycles. The van der Waals surface area contributed by atoms with Crippen molar-refractivity contribution in [1.82, 2.24) is 15.4 Å². The SMILES string of the molecule is O=C(NO)c1cnc(Nc2cc(CF)cc(C(F)(F)F)c2)nc1. The lowest BCUT2D eigenvalue weighted by molar-refractivity contribution is -0.137. The molecule has 23 heavy (non-hydrogen) atoms. The number of carbonyl (C=O) groups is 1. The Morgan fingerprint density at radius 3 is 2.35 bits per heavy atom. The lowest BCUT2D eigenvalue weighted by atomic mass is 10.1. The van der Waals surface area contributed by atoms with Crippen molar-refractivity contribution >= 4 is 17.5 Å². The monoisotopic (exact) mass is 330 g/mol. The molecule has 0 unspecified atom stereocenters. The summed E-state index contributed by atoms with van der Waals surface area (Å²) in [5.74, 6) is -0.932. The number of rotatable bonds is 4. The molecule has 0 radical (unpaired) electrons. The number of anilines is 2. The van der Waals surface area contributed by atoms with Crippen molar-refractivity contribution in [2.75, 3.05) is 5.32 Å². The Kier molecular flexibility index (Phi) is 4.74. The molecule has 0 saturated carbocycles. The Morgan fingerprint density at radius 2 is 1.83 bits per heavy atom. The summed E-state index contributed by atoms with van der Waals surface area (Å²) < 4.78 is 51.0. The van der Waals surface area contributed by atoms with E-state index in [1.54, 1.807) is 0 Å². The Morgan fingerprint density at radius 1 is 1.17 bits per heavy atom. The van der Waals surface area contributed by atoms with Gasteiger partial charge < -0.3 is 5.32 Å². The van der Waals surface area contributed by atoms with Crippen molar-refractivity contribution in [1.29, 1.82) is 0 Å². The average Bonchev–Trinajstić information content (AvgIpc) is 2.53. The van der Waals surface area contributed by atoms with Crippen LogP contribution in [0.2, 0.25) is 0 Å². The van der Waals surface area contributed by atoms with E-state index in [0.717, 1.165) is 18.5 Å². The summed E-state index contributed by atoms with van der Waals surface area (Å²) in [7, 11) is 0. The molecule has 1 aromatic carbocycles. The molecule has 0 bridgehead atoms. The topological polar surface area (TPSA) is 87.1 Å². The van der Waals surface area contributed by atoms with Gasteiger partial charge in [-0.25, -0.2) is 19.8 Å². The number of nitrogens with one attached hydrogen (secondary N) is 2. The maximum Gasteiger partial charge on any atom is 0.416 e. The van der Waals surface area contributed by atoms with Gasteiger partial charge >= 0.3 is 6.18 Å². The molecule has 122 valence electrons. The van der Waals surface area contributed by atoms with Crippen LogP contribution in [0.5, 0.6) is 0 Å². The first kappa shape index (κ1) is 16.6. The Balaban J connectivity index is 2.27. The summed E-state index contributed by atoms with van der Waals surface area (Å²) in [6, 6.07) is 2.69. The summed E-state index contributed by atoms with van der Waals surface area (Å²) in [6.45, 7) is -1.06. The highest BCUT2D eigenvalue weighted by Crippen LogP contribution is 2.32. The molecule has 3 N–H and O–H groups in total. The number of aromatic nitrogens is 2. The van der Waals surface area contributed by atoms with Gasteiger partial charge in [-0.1, -0.05) is 0 Å². The molecule has 2 rings (SSSR count). The van der Waals surface area contributed by atoms with Crippen LogP contribution in [0.25, 0.3) is 0 Å². The van der Waals surface area contributed by atoms with E-state index in [2.05, 4.69) is 15.3 Å². The minimum atomic E-state index is -4.62. The van der Waals surface area contributed by atoms with Crippen molar-refractivity contribution in [3.63, 3.8) is 0 Å². The first-order chi connectivity index (χ1) is 10.8. The van der Waals surface area contributed by atoms with Crippen molar-refractivity contribution in [2.45, 2.75) is 12.9 Å². The van der Waals surface area contributed by atoms with Crippen LogP contribution < -0.4 is 10.8 Å². The molecule has 0 atom stereocenters. The van der Waals surface area contributed by atoms with Crippen LogP contribution in [0.15, 0.2) is 30.6 Å². The molecule has 1 amide bonds. The van der Waals surface area contributed by atoms with Crippen LogP contribution in [0.1, 0.15) is 21.5 Å². The molecular weight excluding hydrogens is 320 g/mol. The normalized spacial score (nSPS) is 11.2. The Hall–Kier alpha value is -2.75. The maximum absolute atomic E-state index is 12.8. The zero-order valence-corrected chi connectivity index (χ0v) is 11.4. The van der Waals surface area contributed by atoms with Crippen LogP contribution in [-0.4, -0.2) is 21.1 Å². The number of amides is 1. The molecule has 0 saturated heterocycles. The second-order valence-corrected chi connectivity index (χ2v) is 4.41. The molecular formula is C13H10F4N4O2. The predicted octanol–water partition coefficient (Wildman–Crippen LogP) is 2.83. The highest BCUT2D eigenvalue weighted by atomic mass is 19.4. The van der Waals surface area contributed by atoms with E-state index < -0.39 is 24.3 Å². The van der Waals surface area contributed by atoms with Gasteiger partial charge in [0.2, 0.25) is 5.95 Å². The smallest absolute Gasteiger partial charge is 0.324 e. The van der Waals surface area contributed by atoms with E-state index in [1.807, 2.05) is 0 Å². The fraction of sp³-hybridized carbons (Fsp3) is 0.154. The molecule has 10 heteroatoms. The van der Waals surface area contributed by atoms with Crippen LogP contribution in [0, 0.1) is 0 Å². The number of carbonyl (C=O) groups excluding carboxylic acids is 1. The van der Waals surface area contributed by atoms with E-state index >= 15 is 0 Å². The van der Waals surface area contributed by atoms with Crippen LogP contribution in [0.4, 0.5) is 29.2 Å². The molecule has 0 fully saturated rings. The van der Waals surface area contributed by atoms with Gasteiger partial charge in [-0.3, -0.25) is 10.0 Å². The number of hydrogen-bond donors (Lipinski definition) is 3. The fourth-order valence-electron chi connectivity index (χ4n) is 1.71. The van der Waals surface area contributed by atoms with E-state index in [-0.39, 0.29) is 22.8 Å². The van der Waals surface area contributed by atoms with Gasteiger partial charge in [-0.05, 0) is 23.8 Å². The molecule has 0 aliphatic rings. The number of halogens is 4. The summed E-state index contributed by atoms with van der Waals surface area (Å²) in [4.78, 5) is 18.5. The average molecular weight is 330 g/mol. The van der Waals surface area contributed by atoms with Gasteiger partial charge in [0, 0.05) is 18.1 Å². The second-order valence-electron chi connectivity index (χ2n) is 4.41. The third kappa shape index (κ3) is 4.13. The van der Waals surface area contributed by atoms with E-state index in [1.165, 1.54) is 11.5 Å². The van der Waals surface area contributed by atoms with Crippen molar-refractivity contribution in [2.24, 2.45) is 0 Å². The molecule has 2 aromatic rings. The van der Waals surface area contributed by atoms with Gasteiger partial charge in [0.1, 0.15) is 6.67 Å². The first-order valence-electron chi connectivity index (χ1n) is 6.14. The van der Waals surface area contributed by atoms with E-state index in [9.17, 15) is 22.4 Å². The quantitative estimate of drug-likeness (QED) is 0.456. The minimum Gasteiger partial charge on any atom is -0.324 e. The summed E-state index contributed by atoms with van der Waals surface area (Å²) >= 11 is 0. The number of hydrogen-bond acceptors (Lipinski definition) is 5. The number of benzene rings is 1. The summed E-state index contributed by atoms with van der Waals surface area (Å²) in [6.07, 6.45) is -2.50. The molecule has 6 nitrogen and oxygen atoms in total. The van der Waals surface area contributed by atoms with Gasteiger partial charge in [-0.2, -0.15) is 13.2 Å². The van der Waals surface area contributed by atoms with Crippen LogP contribution in [-0.2, 0) is 12.9 Å². The van der Waals surface area contributed by atoms with E-state index in [0.29, 0.717) is 6.07 Å². The third-order valence-corrected chi connectivity index (χ3v) is 2.75. The Bertz CT molecular complexity index is 704. The number of nitrogens with zero attached hydrogens (tertiary/aromatic N) is 2. The summed E-state index contributed by atoms with van der Waals surface area (Å²) in [5.41, 5.74) is 0.123. The van der Waals surface area contributed by atoms with E-state index in [4.69, 9.17) is 5.21 Å². The third-order valence-electron chi connectivity index (χ3n) is 2.75. The largest absolute Gasteiger partial charge is 0.416 e. The van der Waals surface area contributed by atoms with Gasteiger partial charge in [0.05, 0.1) is 11.1 Å². The highest BCUT2D eigenvalue weighted by Gasteiger charge is 2.31.